The molecular weight excluding hydrogens is 330 g/mol. The van der Waals surface area contributed by atoms with E-state index < -0.39 is 6.04 Å². The molecule has 4 N–H and O–H groups in total. The van der Waals surface area contributed by atoms with Crippen molar-refractivity contribution >= 4 is 17.5 Å². The van der Waals surface area contributed by atoms with Crippen molar-refractivity contribution in [1.82, 2.24) is 5.32 Å². The van der Waals surface area contributed by atoms with Crippen LogP contribution in [0.4, 0.5) is 5.69 Å². The van der Waals surface area contributed by atoms with E-state index in [1.165, 1.54) is 6.08 Å². The maximum absolute atomic E-state index is 12.1. The van der Waals surface area contributed by atoms with Gasteiger partial charge in [-0.2, -0.15) is 0 Å². The largest absolute Gasteiger partial charge is 0.497 e. The zero-order chi connectivity index (χ0) is 19.7. The third-order valence-corrected chi connectivity index (χ3v) is 3.77. The molecule has 0 heterocycles. The summed E-state index contributed by atoms with van der Waals surface area (Å²) in [7, 11) is 1.59. The number of hydrogen-bond acceptors (Lipinski definition) is 4. The molecule has 0 unspecified atom stereocenters. The van der Waals surface area contributed by atoms with Gasteiger partial charge in [-0.25, -0.2) is 0 Å². The predicted octanol–water partition coefficient (Wildman–Crippen LogP) is 2.85. The Labute approximate surface area is 156 Å². The number of anilines is 1. The molecule has 1 aromatic carbocycles. The number of nitrogens with one attached hydrogen (secondary N) is 2. The standard InChI is InChI=1S/C20H31N3O3/c1-6-17(21)19(25)23-15(13-20(2,3)4)9-12-18(24)22-14-7-10-16(26-5)11-8-14/h7-12,15,17H,6,13,21H2,1-5H3,(H,22,24)(H,23,25)/t15-,17+/m1/s1. The second kappa shape index (κ2) is 9.97. The molecule has 26 heavy (non-hydrogen) atoms. The van der Waals surface area contributed by atoms with Gasteiger partial charge in [0.05, 0.1) is 13.2 Å². The highest BCUT2D eigenvalue weighted by Crippen LogP contribution is 2.21. The minimum absolute atomic E-state index is 0.00887. The lowest BCUT2D eigenvalue weighted by molar-refractivity contribution is -0.123. The summed E-state index contributed by atoms with van der Waals surface area (Å²) in [5.41, 5.74) is 6.45. The number of hydrogen-bond donors (Lipinski definition) is 3. The zero-order valence-electron chi connectivity index (χ0n) is 16.3. The maximum Gasteiger partial charge on any atom is 0.248 e. The average Bonchev–Trinajstić information content (AvgIpc) is 2.58. The van der Waals surface area contributed by atoms with Gasteiger partial charge < -0.3 is 21.1 Å². The third-order valence-electron chi connectivity index (χ3n) is 3.77. The maximum atomic E-state index is 12.1. The molecule has 0 saturated heterocycles. The molecule has 0 aromatic heterocycles. The molecule has 0 spiro atoms. The van der Waals surface area contributed by atoms with E-state index in [0.717, 1.165) is 5.75 Å². The quantitative estimate of drug-likeness (QED) is 0.621. The van der Waals surface area contributed by atoms with Gasteiger partial charge in [0, 0.05) is 17.8 Å². The molecular formula is C20H31N3O3. The van der Waals surface area contributed by atoms with E-state index >= 15 is 0 Å². The lowest BCUT2D eigenvalue weighted by Crippen LogP contribution is -2.45. The molecule has 6 heteroatoms. The number of amides is 2. The van der Waals surface area contributed by atoms with E-state index in [9.17, 15) is 9.59 Å². The van der Waals surface area contributed by atoms with Gasteiger partial charge in [0.2, 0.25) is 11.8 Å². The van der Waals surface area contributed by atoms with Gasteiger partial charge in [-0.1, -0.05) is 33.8 Å². The van der Waals surface area contributed by atoms with Crippen LogP contribution in [0.5, 0.6) is 5.75 Å². The van der Waals surface area contributed by atoms with E-state index in [1.54, 1.807) is 37.5 Å². The summed E-state index contributed by atoms with van der Waals surface area (Å²) >= 11 is 0. The normalized spacial score (nSPS) is 13.9. The van der Waals surface area contributed by atoms with Crippen molar-refractivity contribution in [3.8, 4) is 5.75 Å². The number of nitrogens with two attached hydrogens (primary N) is 1. The van der Waals surface area contributed by atoms with Gasteiger partial charge >= 0.3 is 0 Å². The second-order valence-electron chi connectivity index (χ2n) is 7.47. The summed E-state index contributed by atoms with van der Waals surface area (Å²) in [6.07, 6.45) is 4.42. The van der Waals surface area contributed by atoms with Gasteiger partial charge in [0.25, 0.3) is 0 Å². The van der Waals surface area contributed by atoms with Gasteiger partial charge in [0.15, 0.2) is 0 Å². The highest BCUT2D eigenvalue weighted by Gasteiger charge is 2.20. The van der Waals surface area contributed by atoms with Crippen LogP contribution in [-0.2, 0) is 9.59 Å². The molecule has 0 saturated carbocycles. The molecule has 0 aliphatic heterocycles. The van der Waals surface area contributed by atoms with E-state index in [0.29, 0.717) is 18.5 Å². The number of rotatable bonds is 8. The van der Waals surface area contributed by atoms with Gasteiger partial charge in [-0.3, -0.25) is 9.59 Å². The fraction of sp³-hybridized carbons (Fsp3) is 0.500. The zero-order valence-corrected chi connectivity index (χ0v) is 16.3. The first kappa shape index (κ1) is 21.7. The third kappa shape index (κ3) is 8.16. The summed E-state index contributed by atoms with van der Waals surface area (Å²) in [6.45, 7) is 8.10. The fourth-order valence-electron chi connectivity index (χ4n) is 2.36. The molecule has 144 valence electrons. The van der Waals surface area contributed by atoms with Crippen LogP contribution in [0.2, 0.25) is 0 Å². The summed E-state index contributed by atoms with van der Waals surface area (Å²) < 4.78 is 5.09. The summed E-state index contributed by atoms with van der Waals surface area (Å²) in [4.78, 5) is 24.2. The van der Waals surface area contributed by atoms with E-state index in [-0.39, 0.29) is 23.3 Å². The van der Waals surface area contributed by atoms with Gasteiger partial charge in [-0.15, -0.1) is 0 Å². The van der Waals surface area contributed by atoms with Crippen molar-refractivity contribution in [2.75, 3.05) is 12.4 Å². The highest BCUT2D eigenvalue weighted by molar-refractivity contribution is 5.99. The molecule has 1 rings (SSSR count). The Morgan fingerprint density at radius 3 is 2.35 bits per heavy atom. The Morgan fingerprint density at radius 1 is 1.23 bits per heavy atom. The second-order valence-corrected chi connectivity index (χ2v) is 7.47. The van der Waals surface area contributed by atoms with Crippen LogP contribution >= 0.6 is 0 Å². The van der Waals surface area contributed by atoms with Crippen LogP contribution in [0.3, 0.4) is 0 Å². The van der Waals surface area contributed by atoms with Crippen LogP contribution < -0.4 is 21.1 Å². The molecule has 0 fully saturated rings. The Bertz CT molecular complexity index is 618. The predicted molar refractivity (Wildman–Crippen MR) is 105 cm³/mol. The minimum Gasteiger partial charge on any atom is -0.497 e. The smallest absolute Gasteiger partial charge is 0.248 e. The Balaban J connectivity index is 2.74. The van der Waals surface area contributed by atoms with Crippen LogP contribution in [0.15, 0.2) is 36.4 Å². The Hall–Kier alpha value is -2.34. The Kier molecular flexibility index (Phi) is 8.32. The SMILES string of the molecule is CC[C@H](N)C(=O)N[C@H](C=CC(=O)Nc1ccc(OC)cc1)CC(C)(C)C. The first-order valence-electron chi connectivity index (χ1n) is 8.84. The minimum atomic E-state index is -0.543. The summed E-state index contributed by atoms with van der Waals surface area (Å²) in [5, 5.41) is 5.69. The fourth-order valence-corrected chi connectivity index (χ4v) is 2.36. The van der Waals surface area contributed by atoms with Gasteiger partial charge in [0.1, 0.15) is 5.75 Å². The monoisotopic (exact) mass is 361 g/mol. The summed E-state index contributed by atoms with van der Waals surface area (Å²) in [6, 6.07) is 6.27. The van der Waals surface area contributed by atoms with E-state index in [4.69, 9.17) is 10.5 Å². The van der Waals surface area contributed by atoms with Crippen LogP contribution in [0.25, 0.3) is 0 Å². The molecule has 0 aliphatic rings. The number of ether oxygens (including phenoxy) is 1. The van der Waals surface area contributed by atoms with E-state index in [1.807, 2.05) is 6.92 Å². The van der Waals surface area contributed by atoms with Crippen molar-refractivity contribution in [1.29, 1.82) is 0 Å². The number of carbonyl (C=O) groups is 2. The number of benzene rings is 1. The molecule has 1 aromatic rings. The van der Waals surface area contributed by atoms with Crippen molar-refractivity contribution in [3.05, 3.63) is 36.4 Å². The lowest BCUT2D eigenvalue weighted by Gasteiger charge is -2.25. The highest BCUT2D eigenvalue weighted by atomic mass is 16.5. The van der Waals surface area contributed by atoms with Crippen molar-refractivity contribution < 1.29 is 14.3 Å². The first-order valence-corrected chi connectivity index (χ1v) is 8.84. The summed E-state index contributed by atoms with van der Waals surface area (Å²) in [5.74, 6) is 0.254. The van der Waals surface area contributed by atoms with Crippen molar-refractivity contribution in [2.24, 2.45) is 11.1 Å². The lowest BCUT2D eigenvalue weighted by atomic mass is 9.87. The van der Waals surface area contributed by atoms with E-state index in [2.05, 4.69) is 31.4 Å². The Morgan fingerprint density at radius 2 is 1.85 bits per heavy atom. The van der Waals surface area contributed by atoms with Gasteiger partial charge in [-0.05, 0) is 42.5 Å². The molecule has 2 amide bonds. The van der Waals surface area contributed by atoms with Crippen molar-refractivity contribution in [2.45, 2.75) is 52.6 Å². The number of methoxy groups -OCH3 is 1. The number of carbonyl (C=O) groups excluding carboxylic acids is 2. The first-order chi connectivity index (χ1) is 12.1. The molecule has 0 radical (unpaired) electrons. The van der Waals surface area contributed by atoms with Crippen LogP contribution in [-0.4, -0.2) is 31.0 Å². The van der Waals surface area contributed by atoms with Crippen molar-refractivity contribution in [3.63, 3.8) is 0 Å². The van der Waals surface area contributed by atoms with Crippen LogP contribution in [0.1, 0.15) is 40.5 Å². The molecule has 0 aliphatic carbocycles. The average molecular weight is 361 g/mol. The van der Waals surface area contributed by atoms with Crippen LogP contribution in [0, 0.1) is 5.41 Å². The topological polar surface area (TPSA) is 93.5 Å². The molecule has 2 atom stereocenters. The molecule has 6 nitrogen and oxygen atoms in total. The molecule has 0 bridgehead atoms.